The fraction of sp³-hybridized carbons (Fsp3) is 0.238. The Morgan fingerprint density at radius 3 is 2.66 bits per heavy atom. The maximum atomic E-state index is 9.41. The number of pyridine rings is 1. The van der Waals surface area contributed by atoms with E-state index in [0.717, 1.165) is 28.0 Å². The van der Waals surface area contributed by atoms with Crippen LogP contribution in [0.4, 0.5) is 17.5 Å². The summed E-state index contributed by atoms with van der Waals surface area (Å²) in [7, 11) is 0. The van der Waals surface area contributed by atoms with Crippen LogP contribution < -0.4 is 15.4 Å². The number of aliphatic hydroxyl groups excluding tert-OH is 1. The number of anilines is 3. The van der Waals surface area contributed by atoms with Crippen LogP contribution in [0.25, 0.3) is 0 Å². The molecule has 0 saturated heterocycles. The van der Waals surface area contributed by atoms with E-state index >= 15 is 0 Å². The van der Waals surface area contributed by atoms with Crippen molar-refractivity contribution in [1.29, 1.82) is 0 Å². The molecule has 0 saturated carbocycles. The van der Waals surface area contributed by atoms with E-state index in [1.54, 1.807) is 30.5 Å². The minimum atomic E-state index is -0.0553. The van der Waals surface area contributed by atoms with Gasteiger partial charge in [-0.3, -0.25) is 9.71 Å². The second-order valence-electron chi connectivity index (χ2n) is 6.34. The zero-order chi connectivity index (χ0) is 23.2. The van der Waals surface area contributed by atoms with Gasteiger partial charge in [0.1, 0.15) is 5.82 Å². The van der Waals surface area contributed by atoms with Gasteiger partial charge in [0.25, 0.3) is 0 Å². The van der Waals surface area contributed by atoms with Crippen molar-refractivity contribution in [3.8, 4) is 0 Å². The summed E-state index contributed by atoms with van der Waals surface area (Å²) in [6.45, 7) is 2.80. The summed E-state index contributed by atoms with van der Waals surface area (Å²) in [5, 5.41) is 15.9. The molecule has 0 fully saturated rings. The molecule has 2 heterocycles. The first-order valence-corrected chi connectivity index (χ1v) is 11.3. The van der Waals surface area contributed by atoms with Crippen molar-refractivity contribution >= 4 is 51.5 Å². The zero-order valence-corrected chi connectivity index (χ0v) is 19.7. The van der Waals surface area contributed by atoms with E-state index in [0.29, 0.717) is 11.8 Å². The number of hydrogen-bond donors (Lipinski definition) is 4. The third-order valence-electron chi connectivity index (χ3n) is 4.10. The van der Waals surface area contributed by atoms with Crippen LogP contribution in [0.15, 0.2) is 64.4 Å². The van der Waals surface area contributed by atoms with Crippen molar-refractivity contribution in [2.24, 2.45) is 0 Å². The minimum Gasteiger partial charge on any atom is -0.394 e. The molecule has 0 aliphatic carbocycles. The second kappa shape index (κ2) is 14.3. The van der Waals surface area contributed by atoms with Crippen molar-refractivity contribution in [3.63, 3.8) is 0 Å². The van der Waals surface area contributed by atoms with Gasteiger partial charge in [0.2, 0.25) is 5.95 Å². The number of aromatic nitrogens is 3. The number of aliphatic hydroxyl groups is 1. The number of benzene rings is 1. The number of nitrogens with zero attached hydrogens (tertiary/aromatic N) is 3. The fourth-order valence-corrected chi connectivity index (χ4v) is 3.51. The lowest BCUT2D eigenvalue weighted by Crippen LogP contribution is -2.23. The third kappa shape index (κ3) is 8.74. The lowest BCUT2D eigenvalue weighted by molar-refractivity contribution is -0.191. The van der Waals surface area contributed by atoms with Crippen LogP contribution in [-0.2, 0) is 16.1 Å². The van der Waals surface area contributed by atoms with Gasteiger partial charge in [-0.15, -0.1) is 0 Å². The Balaban J connectivity index is 0.00000114. The lowest BCUT2D eigenvalue weighted by atomic mass is 10.2. The molecule has 0 radical (unpaired) electrons. The molecule has 0 bridgehead atoms. The summed E-state index contributed by atoms with van der Waals surface area (Å²) in [5.74, 6) is 1.13. The topological polar surface area (TPSA) is 129 Å². The van der Waals surface area contributed by atoms with Crippen molar-refractivity contribution in [2.45, 2.75) is 30.8 Å². The maximum Gasteiger partial charge on any atom is 0.373 e. The fourth-order valence-electron chi connectivity index (χ4n) is 2.47. The highest BCUT2D eigenvalue weighted by atomic mass is 79.9. The number of hydrogen-bond acceptors (Lipinski definition) is 10. The Bertz CT molecular complexity index is 1000. The van der Waals surface area contributed by atoms with E-state index in [4.69, 9.17) is 9.59 Å². The van der Waals surface area contributed by atoms with Gasteiger partial charge in [0.15, 0.2) is 0 Å². The van der Waals surface area contributed by atoms with Gasteiger partial charge in [-0.05, 0) is 70.2 Å². The van der Waals surface area contributed by atoms with Crippen molar-refractivity contribution in [2.75, 3.05) is 17.2 Å². The van der Waals surface area contributed by atoms with Crippen LogP contribution in [-0.4, -0.2) is 38.9 Å². The van der Waals surface area contributed by atoms with Gasteiger partial charge >= 0.3 is 6.15 Å². The van der Waals surface area contributed by atoms with Crippen LogP contribution >= 0.6 is 27.9 Å². The molecule has 1 unspecified atom stereocenters. The summed E-state index contributed by atoms with van der Waals surface area (Å²) in [6.07, 6.45) is 6.31. The van der Waals surface area contributed by atoms with E-state index in [2.05, 4.69) is 46.2 Å². The Labute approximate surface area is 198 Å². The van der Waals surface area contributed by atoms with Crippen molar-refractivity contribution in [1.82, 2.24) is 19.7 Å². The van der Waals surface area contributed by atoms with E-state index < -0.39 is 0 Å². The number of carbonyl (C=O) groups excluding carboxylic acids is 2. The predicted octanol–water partition coefficient (Wildman–Crippen LogP) is 3.77. The second-order valence-corrected chi connectivity index (χ2v) is 8.16. The van der Waals surface area contributed by atoms with Gasteiger partial charge in [-0.1, -0.05) is 13.0 Å². The van der Waals surface area contributed by atoms with Crippen LogP contribution in [0.5, 0.6) is 0 Å². The molecule has 11 heteroatoms. The molecule has 9 nitrogen and oxygen atoms in total. The van der Waals surface area contributed by atoms with Crippen LogP contribution in [0, 0.1) is 0 Å². The monoisotopic (exact) mass is 518 g/mol. The van der Waals surface area contributed by atoms with Gasteiger partial charge in [0.05, 0.1) is 17.1 Å². The molecule has 2 aromatic heterocycles. The maximum absolute atomic E-state index is 9.41. The number of rotatable bonds is 10. The summed E-state index contributed by atoms with van der Waals surface area (Å²) >= 11 is 5.01. The highest BCUT2D eigenvalue weighted by Gasteiger charge is 2.10. The summed E-state index contributed by atoms with van der Waals surface area (Å²) < 4.78 is 4.10. The average Bonchev–Trinajstić information content (AvgIpc) is 2.81. The van der Waals surface area contributed by atoms with Crippen LogP contribution in [0.3, 0.4) is 0 Å². The van der Waals surface area contributed by atoms with Crippen molar-refractivity contribution in [3.05, 3.63) is 65.0 Å². The van der Waals surface area contributed by atoms with Crippen LogP contribution in [0.2, 0.25) is 0 Å². The smallest absolute Gasteiger partial charge is 0.373 e. The normalized spacial score (nSPS) is 11.0. The van der Waals surface area contributed by atoms with E-state index in [1.165, 1.54) is 5.56 Å². The standard InChI is InChI=1S/C20H23BrN6OS.CO2/c1-2-15(13-28)25-19-18(21)12-23-20(27-19)26-16-4-3-5-17(10-16)29-24-11-14-6-8-22-9-7-14;2-1-3/h3-10,12,15,24,28H,2,11,13H2,1H3,(H2,23,25,26,27);. The molecule has 0 amide bonds. The molecule has 3 aromatic rings. The Kier molecular flexibility index (Phi) is 11.4. The molecule has 1 atom stereocenters. The third-order valence-corrected chi connectivity index (χ3v) is 5.46. The molecule has 1 aromatic carbocycles. The van der Waals surface area contributed by atoms with Gasteiger partial charge < -0.3 is 15.7 Å². The minimum absolute atomic E-state index is 0.0431. The first-order chi connectivity index (χ1) is 15.6. The van der Waals surface area contributed by atoms with Gasteiger partial charge in [0, 0.05) is 35.7 Å². The first kappa shape index (κ1) is 25.4. The van der Waals surface area contributed by atoms with Crippen molar-refractivity contribution < 1.29 is 14.7 Å². The SMILES string of the molecule is CCC(CO)Nc1nc(Nc2cccc(SNCc3ccncc3)c2)ncc1Br.O=C=O. The van der Waals surface area contributed by atoms with E-state index in [1.807, 2.05) is 43.3 Å². The summed E-state index contributed by atoms with van der Waals surface area (Å²) in [5.41, 5.74) is 2.07. The van der Waals surface area contributed by atoms with E-state index in [-0.39, 0.29) is 18.8 Å². The predicted molar refractivity (Wildman–Crippen MR) is 126 cm³/mol. The average molecular weight is 519 g/mol. The van der Waals surface area contributed by atoms with Crippen LogP contribution in [0.1, 0.15) is 18.9 Å². The number of nitrogens with one attached hydrogen (secondary N) is 3. The number of halogens is 1. The highest BCUT2D eigenvalue weighted by Crippen LogP contribution is 2.25. The molecule has 32 heavy (non-hydrogen) atoms. The highest BCUT2D eigenvalue weighted by molar-refractivity contribution is 9.10. The lowest BCUT2D eigenvalue weighted by Gasteiger charge is -2.16. The van der Waals surface area contributed by atoms with E-state index in [9.17, 15) is 5.11 Å². The Morgan fingerprint density at radius 2 is 1.97 bits per heavy atom. The summed E-state index contributed by atoms with van der Waals surface area (Å²) in [4.78, 5) is 30.2. The zero-order valence-electron chi connectivity index (χ0n) is 17.3. The molecular formula is C21H23BrN6O3S. The van der Waals surface area contributed by atoms with Gasteiger partial charge in [-0.25, -0.2) is 4.98 Å². The van der Waals surface area contributed by atoms with Gasteiger partial charge in [-0.2, -0.15) is 14.6 Å². The largest absolute Gasteiger partial charge is 0.394 e. The Hall–Kier alpha value is -2.82. The molecule has 0 spiro atoms. The summed E-state index contributed by atoms with van der Waals surface area (Å²) in [6, 6.07) is 11.9. The molecule has 4 N–H and O–H groups in total. The molecular weight excluding hydrogens is 496 g/mol. The quantitative estimate of drug-likeness (QED) is 0.294. The molecule has 3 rings (SSSR count). The first-order valence-electron chi connectivity index (χ1n) is 9.64. The molecule has 0 aliphatic heterocycles. The molecule has 168 valence electrons. The Morgan fingerprint density at radius 1 is 1.22 bits per heavy atom. The molecule has 0 aliphatic rings.